The van der Waals surface area contributed by atoms with Crippen molar-refractivity contribution < 1.29 is 28.0 Å². The fourth-order valence-electron chi connectivity index (χ4n) is 12.8. The highest BCUT2D eigenvalue weighted by molar-refractivity contribution is 7.84. The molecule has 53 heavy (non-hydrogen) atoms. The fraction of sp³-hybridized carbons (Fsp3) is 0.933. The molecule has 0 amide bonds. The van der Waals surface area contributed by atoms with Crippen molar-refractivity contribution in [3.8, 4) is 0 Å². The number of hydrogen-bond donors (Lipinski definition) is 1. The molecule has 0 aromatic heterocycles. The number of nitrogens with one attached hydrogen (secondary N) is 1. The molecule has 2 bridgehead atoms. The normalized spacial score (nSPS) is 42.1. The van der Waals surface area contributed by atoms with E-state index in [2.05, 4.69) is 87.0 Å². The molecule has 14 atom stereocenters. The smallest absolute Gasteiger partial charge is 0.310 e. The lowest BCUT2D eigenvalue weighted by Gasteiger charge is -2.71. The SMILES string of the molecule is CCCCOC(=O)[C@@H]1[C@@](C)([C@H](C)C(C)C)CC[C@]2(C)[C@H]3CC[C@@H]4[C@@]5(COC[C@]4(C)[C@@H](OC(C)C(NS(=O)C(C)(C)C)C(C)C)[C@H](OC)C5)C3=CC[C@@]12C. The Hall–Kier alpha value is -0.800. The number of hydrogen-bond acceptors (Lipinski definition) is 6. The van der Waals surface area contributed by atoms with Crippen LogP contribution >= 0.6 is 0 Å². The van der Waals surface area contributed by atoms with E-state index in [1.54, 1.807) is 5.57 Å². The fourth-order valence-corrected chi connectivity index (χ4v) is 13.9. The molecule has 0 radical (unpaired) electrons. The van der Waals surface area contributed by atoms with Crippen LogP contribution in [0.1, 0.15) is 148 Å². The van der Waals surface area contributed by atoms with Crippen LogP contribution in [0.25, 0.3) is 0 Å². The number of unbranched alkanes of at least 4 members (excludes halogenated alkanes) is 1. The zero-order valence-corrected chi connectivity index (χ0v) is 37.3. The van der Waals surface area contributed by atoms with Gasteiger partial charge < -0.3 is 18.9 Å². The number of esters is 1. The topological polar surface area (TPSA) is 83.1 Å². The molecule has 4 fully saturated rings. The maximum absolute atomic E-state index is 14.5. The third kappa shape index (κ3) is 7.09. The van der Waals surface area contributed by atoms with Gasteiger partial charge in [-0.2, -0.15) is 0 Å². The number of allylic oxidation sites excluding steroid dienone is 1. The Kier molecular flexibility index (Phi) is 12.7. The van der Waals surface area contributed by atoms with E-state index in [0.29, 0.717) is 36.9 Å². The largest absolute Gasteiger partial charge is 0.465 e. The van der Waals surface area contributed by atoms with Crippen LogP contribution in [0.4, 0.5) is 0 Å². The predicted molar refractivity (Wildman–Crippen MR) is 217 cm³/mol. The third-order valence-corrected chi connectivity index (χ3v) is 18.1. The average molecular weight is 762 g/mol. The Bertz CT molecular complexity index is 1370. The van der Waals surface area contributed by atoms with Gasteiger partial charge >= 0.3 is 5.97 Å². The molecule has 8 heteroatoms. The Balaban J connectivity index is 1.52. The molecule has 0 aromatic rings. The van der Waals surface area contributed by atoms with Crippen molar-refractivity contribution in [3.63, 3.8) is 0 Å². The summed E-state index contributed by atoms with van der Waals surface area (Å²) in [6.45, 7) is 33.4. The van der Waals surface area contributed by atoms with E-state index in [0.717, 1.165) is 58.0 Å². The van der Waals surface area contributed by atoms with Crippen LogP contribution in [-0.2, 0) is 34.7 Å². The standard InChI is InChI=1S/C45H79NO6S/c1-16-17-24-51-39(47)37-41(11,30(6)28(2)3)22-23-43(13)32-18-19-35-42(12)26-50-27-45(35,33(32)20-21-44(37,43)14)25-34(49-15)38(42)52-31(7)36(29(4)5)46-53(48)40(8,9)10/h20,28-32,34-38,46H,16-19,21-27H2,1-15H3/t30-,31?,32+,34-,35+,36?,37-,38+,41-,42+,43-,44+,45+,53?/m1/s1. The molecular formula is C45H79NO6S. The Morgan fingerprint density at radius 1 is 1.00 bits per heavy atom. The number of carbonyl (C=O) groups is 1. The van der Waals surface area contributed by atoms with E-state index in [1.165, 1.54) is 0 Å². The van der Waals surface area contributed by atoms with E-state index in [-0.39, 0.29) is 74.0 Å². The first kappa shape index (κ1) is 43.3. The van der Waals surface area contributed by atoms with E-state index >= 15 is 0 Å². The molecule has 1 N–H and O–H groups in total. The molecule has 3 unspecified atom stereocenters. The lowest BCUT2D eigenvalue weighted by atomic mass is 9.34. The van der Waals surface area contributed by atoms with Gasteiger partial charge in [-0.1, -0.05) is 87.3 Å². The maximum atomic E-state index is 14.5. The van der Waals surface area contributed by atoms with Gasteiger partial charge in [0.15, 0.2) is 0 Å². The van der Waals surface area contributed by atoms with E-state index in [9.17, 15) is 9.00 Å². The molecular weight excluding hydrogens is 683 g/mol. The number of fused-ring (bicyclic) bond motifs is 3. The second-order valence-electron chi connectivity index (χ2n) is 21.0. The van der Waals surface area contributed by atoms with Gasteiger partial charge in [0.1, 0.15) is 0 Å². The zero-order valence-electron chi connectivity index (χ0n) is 36.5. The summed E-state index contributed by atoms with van der Waals surface area (Å²) in [6.07, 6.45) is 10.3. The first-order valence-corrected chi connectivity index (χ1v) is 22.5. The van der Waals surface area contributed by atoms with Gasteiger partial charge in [-0.05, 0) is 118 Å². The van der Waals surface area contributed by atoms with Crippen molar-refractivity contribution in [3.05, 3.63) is 11.6 Å². The van der Waals surface area contributed by atoms with Crippen LogP contribution in [-0.4, -0.2) is 66.2 Å². The highest BCUT2D eigenvalue weighted by atomic mass is 32.2. The number of ether oxygens (including phenoxy) is 4. The quantitative estimate of drug-likeness (QED) is 0.114. The molecule has 5 rings (SSSR count). The van der Waals surface area contributed by atoms with Crippen molar-refractivity contribution in [1.82, 2.24) is 4.72 Å². The Morgan fingerprint density at radius 2 is 1.68 bits per heavy atom. The zero-order chi connectivity index (χ0) is 39.5. The summed E-state index contributed by atoms with van der Waals surface area (Å²) in [5.74, 6) is 1.78. The number of rotatable bonds is 13. The maximum Gasteiger partial charge on any atom is 0.310 e. The summed E-state index contributed by atoms with van der Waals surface area (Å²) < 4.78 is 43.0. The van der Waals surface area contributed by atoms with E-state index in [1.807, 2.05) is 27.9 Å². The average Bonchev–Trinajstić information content (AvgIpc) is 3.07. The molecule has 1 heterocycles. The minimum Gasteiger partial charge on any atom is -0.465 e. The van der Waals surface area contributed by atoms with Crippen LogP contribution in [0.3, 0.4) is 0 Å². The molecule has 306 valence electrons. The molecule has 3 saturated carbocycles. The Morgan fingerprint density at radius 3 is 2.26 bits per heavy atom. The lowest BCUT2D eigenvalue weighted by Crippen LogP contribution is -2.70. The van der Waals surface area contributed by atoms with Gasteiger partial charge in [-0.25, -0.2) is 8.93 Å². The molecule has 5 aliphatic rings. The summed E-state index contributed by atoms with van der Waals surface area (Å²) in [7, 11) is 0.652. The minimum atomic E-state index is -1.21. The van der Waals surface area contributed by atoms with Gasteiger partial charge in [0, 0.05) is 24.0 Å². The van der Waals surface area contributed by atoms with Crippen molar-refractivity contribution in [2.45, 2.75) is 177 Å². The van der Waals surface area contributed by atoms with Crippen molar-refractivity contribution in [1.29, 1.82) is 0 Å². The van der Waals surface area contributed by atoms with Gasteiger partial charge in [0.05, 0.1) is 59.8 Å². The molecule has 0 aromatic carbocycles. The summed E-state index contributed by atoms with van der Waals surface area (Å²) >= 11 is 0. The van der Waals surface area contributed by atoms with Gasteiger partial charge in [0.25, 0.3) is 0 Å². The summed E-state index contributed by atoms with van der Waals surface area (Å²) in [5.41, 5.74) is 0.816. The minimum absolute atomic E-state index is 0.0332. The highest BCUT2D eigenvalue weighted by Gasteiger charge is 2.72. The van der Waals surface area contributed by atoms with E-state index < -0.39 is 11.0 Å². The summed E-state index contributed by atoms with van der Waals surface area (Å²) in [5, 5.41) is 0. The van der Waals surface area contributed by atoms with Crippen LogP contribution in [0.15, 0.2) is 11.6 Å². The van der Waals surface area contributed by atoms with E-state index in [4.69, 9.17) is 18.9 Å². The summed E-state index contributed by atoms with van der Waals surface area (Å²) in [6, 6.07) is -0.0706. The first-order chi connectivity index (χ1) is 24.6. The first-order valence-electron chi connectivity index (χ1n) is 21.4. The second-order valence-corrected chi connectivity index (χ2v) is 23.0. The molecule has 1 aliphatic heterocycles. The van der Waals surface area contributed by atoms with Gasteiger partial charge in [0.2, 0.25) is 0 Å². The molecule has 0 spiro atoms. The van der Waals surface area contributed by atoms with Crippen LogP contribution in [0, 0.1) is 62.6 Å². The molecule has 1 saturated heterocycles. The highest BCUT2D eigenvalue weighted by Crippen LogP contribution is 2.75. The monoisotopic (exact) mass is 762 g/mol. The van der Waals surface area contributed by atoms with Crippen molar-refractivity contribution in [2.75, 3.05) is 26.9 Å². The third-order valence-electron chi connectivity index (χ3n) is 16.5. The number of carbonyl (C=O) groups excluding carboxylic acids is 1. The predicted octanol–water partition coefficient (Wildman–Crippen LogP) is 9.70. The van der Waals surface area contributed by atoms with Crippen molar-refractivity contribution >= 4 is 17.0 Å². The van der Waals surface area contributed by atoms with Crippen molar-refractivity contribution in [2.24, 2.45) is 62.6 Å². The lowest BCUT2D eigenvalue weighted by molar-refractivity contribution is -0.276. The van der Waals surface area contributed by atoms with Crippen LogP contribution in [0.5, 0.6) is 0 Å². The summed E-state index contributed by atoms with van der Waals surface area (Å²) in [4.78, 5) is 14.5. The van der Waals surface area contributed by atoms with Crippen LogP contribution < -0.4 is 4.72 Å². The number of methoxy groups -OCH3 is 1. The molecule has 4 aliphatic carbocycles. The van der Waals surface area contributed by atoms with Gasteiger partial charge in [-0.15, -0.1) is 0 Å². The molecule has 7 nitrogen and oxygen atoms in total. The second kappa shape index (κ2) is 15.5. The van der Waals surface area contributed by atoms with Crippen LogP contribution in [0.2, 0.25) is 0 Å². The van der Waals surface area contributed by atoms with Gasteiger partial charge in [-0.3, -0.25) is 4.79 Å². The Labute approximate surface area is 327 Å².